The normalized spacial score (nSPS) is 11.8. The molecule has 0 aliphatic rings. The quantitative estimate of drug-likeness (QED) is 0.557. The zero-order chi connectivity index (χ0) is 20.7. The van der Waals surface area contributed by atoms with Gasteiger partial charge in [-0.15, -0.1) is 0 Å². The summed E-state index contributed by atoms with van der Waals surface area (Å²) in [6.07, 6.45) is 0. The zero-order valence-electron chi connectivity index (χ0n) is 17.2. The van der Waals surface area contributed by atoms with Crippen LogP contribution in [0.25, 0.3) is 0 Å². The first-order valence-corrected chi connectivity index (χ1v) is 8.88. The van der Waals surface area contributed by atoms with E-state index < -0.39 is 0 Å². The van der Waals surface area contributed by atoms with Crippen molar-refractivity contribution >= 4 is 11.6 Å². The van der Waals surface area contributed by atoms with Crippen molar-refractivity contribution in [2.45, 2.75) is 19.3 Å². The van der Waals surface area contributed by atoms with Gasteiger partial charge in [0.2, 0.25) is 5.75 Å². The molecule has 0 atom stereocenters. The fraction of sp³-hybridized carbons (Fsp3) is 0.381. The van der Waals surface area contributed by atoms with Crippen LogP contribution < -0.4 is 24.8 Å². The van der Waals surface area contributed by atoms with E-state index in [0.717, 1.165) is 11.3 Å². The van der Waals surface area contributed by atoms with Crippen LogP contribution in [-0.2, 0) is 5.41 Å². The Balaban J connectivity index is 2.15. The SMILES string of the molecule is CN=C(NCC(C)(C)c1cccc(F)c1)Nc1cc(OC)c(OC)c(OC)c1. The van der Waals surface area contributed by atoms with Crippen molar-refractivity contribution in [3.05, 3.63) is 47.8 Å². The fourth-order valence-electron chi connectivity index (χ4n) is 2.79. The van der Waals surface area contributed by atoms with Crippen LogP contribution in [0, 0.1) is 5.82 Å². The number of rotatable bonds is 7. The average Bonchev–Trinajstić information content (AvgIpc) is 2.70. The maximum absolute atomic E-state index is 13.6. The number of halogens is 1. The van der Waals surface area contributed by atoms with Crippen LogP contribution in [0.2, 0.25) is 0 Å². The summed E-state index contributed by atoms with van der Waals surface area (Å²) in [6.45, 7) is 4.64. The molecule has 0 aliphatic heterocycles. The van der Waals surface area contributed by atoms with E-state index in [0.29, 0.717) is 29.8 Å². The Hall–Kier alpha value is -2.96. The molecule has 0 aliphatic carbocycles. The zero-order valence-corrected chi connectivity index (χ0v) is 17.2. The number of anilines is 1. The maximum Gasteiger partial charge on any atom is 0.203 e. The summed E-state index contributed by atoms with van der Waals surface area (Å²) >= 11 is 0. The van der Waals surface area contributed by atoms with Crippen molar-refractivity contribution in [1.82, 2.24) is 5.32 Å². The third-order valence-corrected chi connectivity index (χ3v) is 4.45. The molecule has 7 heteroatoms. The predicted molar refractivity (Wildman–Crippen MR) is 111 cm³/mol. The number of methoxy groups -OCH3 is 3. The lowest BCUT2D eigenvalue weighted by atomic mass is 9.84. The minimum atomic E-state index is -0.297. The lowest BCUT2D eigenvalue weighted by molar-refractivity contribution is 0.324. The standard InChI is InChI=1S/C21H28FN3O3/c1-21(2,14-8-7-9-15(22)10-14)13-24-20(23-3)25-16-11-17(26-4)19(28-6)18(12-16)27-5/h7-12H,13H2,1-6H3,(H2,23,24,25). The van der Waals surface area contributed by atoms with Crippen molar-refractivity contribution in [2.24, 2.45) is 4.99 Å². The summed E-state index contributed by atoms with van der Waals surface area (Å²) in [4.78, 5) is 4.26. The highest BCUT2D eigenvalue weighted by molar-refractivity contribution is 5.94. The van der Waals surface area contributed by atoms with Crippen LogP contribution in [0.4, 0.5) is 10.1 Å². The van der Waals surface area contributed by atoms with Gasteiger partial charge in [-0.05, 0) is 17.7 Å². The van der Waals surface area contributed by atoms with Crippen LogP contribution in [0.15, 0.2) is 41.4 Å². The number of ether oxygens (including phenoxy) is 3. The van der Waals surface area contributed by atoms with Crippen molar-refractivity contribution in [3.8, 4) is 17.2 Å². The van der Waals surface area contributed by atoms with E-state index in [4.69, 9.17) is 14.2 Å². The first-order valence-electron chi connectivity index (χ1n) is 8.88. The highest BCUT2D eigenvalue weighted by Crippen LogP contribution is 2.39. The van der Waals surface area contributed by atoms with Crippen LogP contribution in [-0.4, -0.2) is 40.9 Å². The van der Waals surface area contributed by atoms with Crippen LogP contribution >= 0.6 is 0 Å². The van der Waals surface area contributed by atoms with Crippen molar-refractivity contribution in [3.63, 3.8) is 0 Å². The molecule has 0 radical (unpaired) electrons. The molecule has 2 aromatic carbocycles. The van der Waals surface area contributed by atoms with Crippen LogP contribution in [0.1, 0.15) is 19.4 Å². The highest BCUT2D eigenvalue weighted by Gasteiger charge is 2.22. The van der Waals surface area contributed by atoms with Gasteiger partial charge in [0.05, 0.1) is 21.3 Å². The Morgan fingerprint density at radius 2 is 1.68 bits per heavy atom. The molecule has 2 N–H and O–H groups in total. The summed E-state index contributed by atoms with van der Waals surface area (Å²) in [5.41, 5.74) is 1.34. The first kappa shape index (κ1) is 21.3. The highest BCUT2D eigenvalue weighted by atomic mass is 19.1. The predicted octanol–water partition coefficient (Wildman–Crippen LogP) is 3.82. The topological polar surface area (TPSA) is 64.1 Å². The van der Waals surface area contributed by atoms with Gasteiger partial charge in [0.25, 0.3) is 0 Å². The number of hydrogen-bond acceptors (Lipinski definition) is 4. The van der Waals surface area contributed by atoms with E-state index >= 15 is 0 Å². The molecule has 2 rings (SSSR count). The summed E-state index contributed by atoms with van der Waals surface area (Å²) in [5, 5.41) is 6.50. The molecule has 28 heavy (non-hydrogen) atoms. The third-order valence-electron chi connectivity index (χ3n) is 4.45. The molecule has 6 nitrogen and oxygen atoms in total. The second-order valence-corrected chi connectivity index (χ2v) is 6.86. The number of guanidine groups is 1. The van der Waals surface area contributed by atoms with Gasteiger partial charge >= 0.3 is 0 Å². The summed E-state index contributed by atoms with van der Waals surface area (Å²) < 4.78 is 29.7. The maximum atomic E-state index is 13.6. The number of nitrogens with zero attached hydrogens (tertiary/aromatic N) is 1. The van der Waals surface area contributed by atoms with Crippen molar-refractivity contribution < 1.29 is 18.6 Å². The summed E-state index contributed by atoms with van der Waals surface area (Å²) in [7, 11) is 6.37. The van der Waals surface area contributed by atoms with E-state index in [-0.39, 0.29) is 11.2 Å². The Bertz CT molecular complexity index is 812. The molecular formula is C21H28FN3O3. The number of aliphatic imine (C=N–C) groups is 1. The van der Waals surface area contributed by atoms with Gasteiger partial charge in [-0.25, -0.2) is 4.39 Å². The molecule has 0 amide bonds. The Morgan fingerprint density at radius 1 is 1.04 bits per heavy atom. The van der Waals surface area contributed by atoms with Gasteiger partial charge in [-0.2, -0.15) is 0 Å². The summed E-state index contributed by atoms with van der Waals surface area (Å²) in [5.74, 6) is 1.93. The van der Waals surface area contributed by atoms with E-state index in [1.807, 2.05) is 19.9 Å². The van der Waals surface area contributed by atoms with Crippen LogP contribution in [0.5, 0.6) is 17.2 Å². The van der Waals surface area contributed by atoms with Crippen molar-refractivity contribution in [2.75, 3.05) is 40.2 Å². The van der Waals surface area contributed by atoms with E-state index in [2.05, 4.69) is 15.6 Å². The average molecular weight is 389 g/mol. The largest absolute Gasteiger partial charge is 0.493 e. The minimum absolute atomic E-state index is 0.245. The molecule has 0 saturated heterocycles. The Morgan fingerprint density at radius 3 is 2.18 bits per heavy atom. The fourth-order valence-corrected chi connectivity index (χ4v) is 2.79. The number of nitrogens with one attached hydrogen (secondary N) is 2. The molecule has 0 heterocycles. The monoisotopic (exact) mass is 389 g/mol. The third kappa shape index (κ3) is 5.06. The van der Waals surface area contributed by atoms with E-state index in [9.17, 15) is 4.39 Å². The van der Waals surface area contributed by atoms with Gasteiger partial charge < -0.3 is 24.8 Å². The second kappa shape index (κ2) is 9.30. The van der Waals surface area contributed by atoms with E-state index in [1.54, 1.807) is 52.6 Å². The molecule has 0 fully saturated rings. The van der Waals surface area contributed by atoms with Gasteiger partial charge in [-0.1, -0.05) is 26.0 Å². The van der Waals surface area contributed by atoms with Gasteiger partial charge in [0, 0.05) is 36.8 Å². The summed E-state index contributed by atoms with van der Waals surface area (Å²) in [6, 6.07) is 10.2. The second-order valence-electron chi connectivity index (χ2n) is 6.86. The molecule has 2 aromatic rings. The Kier molecular flexibility index (Phi) is 7.09. The Labute approximate surface area is 165 Å². The smallest absolute Gasteiger partial charge is 0.203 e. The van der Waals surface area contributed by atoms with Crippen LogP contribution in [0.3, 0.4) is 0 Å². The number of hydrogen-bond donors (Lipinski definition) is 2. The molecule has 0 unspecified atom stereocenters. The van der Waals surface area contributed by atoms with E-state index in [1.165, 1.54) is 6.07 Å². The molecule has 0 saturated carbocycles. The molecule has 0 spiro atoms. The number of benzene rings is 2. The van der Waals surface area contributed by atoms with Gasteiger partial charge in [-0.3, -0.25) is 4.99 Å². The van der Waals surface area contributed by atoms with Gasteiger partial charge in [0.15, 0.2) is 17.5 Å². The molecule has 0 aromatic heterocycles. The minimum Gasteiger partial charge on any atom is -0.493 e. The lowest BCUT2D eigenvalue weighted by Gasteiger charge is -2.27. The first-order chi connectivity index (χ1) is 13.3. The molecular weight excluding hydrogens is 361 g/mol. The van der Waals surface area contributed by atoms with Crippen molar-refractivity contribution in [1.29, 1.82) is 0 Å². The molecule has 152 valence electrons. The lowest BCUT2D eigenvalue weighted by Crippen LogP contribution is -2.40. The molecule has 0 bridgehead atoms. The van der Waals surface area contributed by atoms with Gasteiger partial charge in [0.1, 0.15) is 5.82 Å².